The molecule has 1 N–H and O–H groups in total. The van der Waals surface area contributed by atoms with Crippen LogP contribution >= 0.6 is 11.8 Å². The monoisotopic (exact) mass is 207 g/mol. The lowest BCUT2D eigenvalue weighted by atomic mass is 10.1. The first-order chi connectivity index (χ1) is 6.41. The van der Waals surface area contributed by atoms with Crippen molar-refractivity contribution < 1.29 is 4.84 Å². The van der Waals surface area contributed by atoms with Crippen molar-refractivity contribution in [1.82, 2.24) is 5.00 Å². The quantitative estimate of drug-likeness (QED) is 0.334. The highest BCUT2D eigenvalue weighted by molar-refractivity contribution is 6.12. The molecule has 0 aromatic heterocycles. The highest BCUT2D eigenvalue weighted by Gasteiger charge is 1.91. The Labute approximate surface area is 87.1 Å². The Balaban J connectivity index is 2.76. The third-order valence-corrected chi connectivity index (χ3v) is 2.26. The highest BCUT2D eigenvalue weighted by atomic mass is 35.5. The van der Waals surface area contributed by atoms with E-state index < -0.39 is 0 Å². The minimum atomic E-state index is 0.721. The van der Waals surface area contributed by atoms with Crippen molar-refractivity contribution in [2.75, 3.05) is 6.61 Å². The molecule has 0 unspecified atom stereocenters. The van der Waals surface area contributed by atoms with Gasteiger partial charge in [0.1, 0.15) is 0 Å². The summed E-state index contributed by atoms with van der Waals surface area (Å²) in [6.07, 6.45) is 10.6. The number of unbranched alkanes of at least 4 members (excludes halogenated alkanes) is 7. The average molecular weight is 208 g/mol. The summed E-state index contributed by atoms with van der Waals surface area (Å²) in [6.45, 7) is 2.97. The van der Waals surface area contributed by atoms with Crippen molar-refractivity contribution in [3.05, 3.63) is 0 Å². The van der Waals surface area contributed by atoms with Crippen molar-refractivity contribution in [1.29, 1.82) is 0 Å². The number of rotatable bonds is 10. The maximum absolute atomic E-state index is 5.13. The van der Waals surface area contributed by atoms with Gasteiger partial charge < -0.3 is 0 Å². The van der Waals surface area contributed by atoms with Gasteiger partial charge in [0.2, 0.25) is 0 Å². The normalized spacial score (nSPS) is 10.6. The Morgan fingerprint density at radius 3 is 2.00 bits per heavy atom. The van der Waals surface area contributed by atoms with Crippen LogP contribution in [0.2, 0.25) is 0 Å². The average Bonchev–Trinajstić information content (AvgIpc) is 2.16. The first-order valence-electron chi connectivity index (χ1n) is 5.39. The van der Waals surface area contributed by atoms with Crippen molar-refractivity contribution in [3.63, 3.8) is 0 Å². The lowest BCUT2D eigenvalue weighted by Gasteiger charge is -2.01. The largest absolute Gasteiger partial charge is 0.286 e. The van der Waals surface area contributed by atoms with Crippen LogP contribution in [0.25, 0.3) is 0 Å². The fourth-order valence-electron chi connectivity index (χ4n) is 1.35. The molecule has 0 rings (SSSR count). The second-order valence-corrected chi connectivity index (χ2v) is 3.55. The molecule has 0 heterocycles. The van der Waals surface area contributed by atoms with E-state index in [1.807, 2.05) is 0 Å². The van der Waals surface area contributed by atoms with Crippen LogP contribution in [0.4, 0.5) is 0 Å². The fourth-order valence-corrected chi connectivity index (χ4v) is 1.42. The lowest BCUT2D eigenvalue weighted by molar-refractivity contribution is 0.0919. The zero-order valence-corrected chi connectivity index (χ0v) is 9.41. The molecule has 80 valence electrons. The van der Waals surface area contributed by atoms with Gasteiger partial charge in [-0.2, -0.15) is 0 Å². The third-order valence-electron chi connectivity index (χ3n) is 2.15. The number of halogens is 1. The minimum Gasteiger partial charge on any atom is -0.286 e. The summed E-state index contributed by atoms with van der Waals surface area (Å²) < 4.78 is 0. The maximum Gasteiger partial charge on any atom is 0.0697 e. The van der Waals surface area contributed by atoms with E-state index in [9.17, 15) is 0 Å². The van der Waals surface area contributed by atoms with Gasteiger partial charge in [0.15, 0.2) is 0 Å². The van der Waals surface area contributed by atoms with Crippen LogP contribution < -0.4 is 5.00 Å². The van der Waals surface area contributed by atoms with E-state index in [2.05, 4.69) is 11.9 Å². The molecule has 0 bridgehead atoms. The Kier molecular flexibility index (Phi) is 12.4. The Morgan fingerprint density at radius 1 is 0.923 bits per heavy atom. The Morgan fingerprint density at radius 2 is 1.46 bits per heavy atom. The number of nitrogens with one attached hydrogen (secondary N) is 1. The van der Waals surface area contributed by atoms with Crippen LogP contribution in [-0.4, -0.2) is 6.61 Å². The molecule has 0 aliphatic rings. The van der Waals surface area contributed by atoms with E-state index in [4.69, 9.17) is 16.6 Å². The lowest BCUT2D eigenvalue weighted by Crippen LogP contribution is -2.01. The van der Waals surface area contributed by atoms with Gasteiger partial charge in [-0.25, -0.2) is 0 Å². The molecule has 0 aromatic rings. The predicted octanol–water partition coefficient (Wildman–Crippen LogP) is 3.80. The van der Waals surface area contributed by atoms with Crippen molar-refractivity contribution in [3.8, 4) is 0 Å². The minimum absolute atomic E-state index is 0.721. The van der Waals surface area contributed by atoms with Crippen LogP contribution in [0.15, 0.2) is 0 Å². The van der Waals surface area contributed by atoms with Gasteiger partial charge in [0.05, 0.1) is 6.61 Å². The summed E-state index contributed by atoms with van der Waals surface area (Å²) in [5.41, 5.74) is 0. The fraction of sp³-hybridized carbons (Fsp3) is 1.00. The third kappa shape index (κ3) is 12.2. The predicted molar refractivity (Wildman–Crippen MR) is 57.6 cm³/mol. The van der Waals surface area contributed by atoms with Crippen LogP contribution in [0.3, 0.4) is 0 Å². The first kappa shape index (κ1) is 13.2. The maximum atomic E-state index is 5.13. The molecule has 0 atom stereocenters. The first-order valence-corrected chi connectivity index (χ1v) is 5.77. The molecular weight excluding hydrogens is 186 g/mol. The molecule has 0 aromatic carbocycles. The molecular formula is C10H22ClNO. The summed E-state index contributed by atoms with van der Waals surface area (Å²) in [7, 11) is 0. The van der Waals surface area contributed by atoms with Gasteiger partial charge in [-0.15, -0.1) is 5.00 Å². The smallest absolute Gasteiger partial charge is 0.0697 e. The Bertz CT molecular complexity index is 81.0. The van der Waals surface area contributed by atoms with Crippen LogP contribution in [0.5, 0.6) is 0 Å². The van der Waals surface area contributed by atoms with Gasteiger partial charge in [-0.1, -0.05) is 51.9 Å². The van der Waals surface area contributed by atoms with Gasteiger partial charge in [0, 0.05) is 11.8 Å². The second kappa shape index (κ2) is 12.2. The summed E-state index contributed by atoms with van der Waals surface area (Å²) in [6, 6.07) is 0. The molecule has 13 heavy (non-hydrogen) atoms. The van der Waals surface area contributed by atoms with Gasteiger partial charge in [-0.3, -0.25) is 4.84 Å². The Hall–Kier alpha value is 0.210. The molecule has 0 fully saturated rings. The molecule has 0 saturated carbocycles. The summed E-state index contributed by atoms with van der Waals surface area (Å²) in [4.78, 5) is 6.95. The summed E-state index contributed by atoms with van der Waals surface area (Å²) in [5.74, 6) is 0. The van der Waals surface area contributed by atoms with Crippen molar-refractivity contribution in [2.24, 2.45) is 0 Å². The number of hydrogen-bond donors (Lipinski definition) is 1. The van der Waals surface area contributed by atoms with Crippen LogP contribution in [0.1, 0.15) is 58.3 Å². The molecule has 0 amide bonds. The van der Waals surface area contributed by atoms with Gasteiger partial charge in [0.25, 0.3) is 0 Å². The van der Waals surface area contributed by atoms with Crippen molar-refractivity contribution >= 4 is 11.8 Å². The van der Waals surface area contributed by atoms with Gasteiger partial charge in [-0.05, 0) is 6.42 Å². The van der Waals surface area contributed by atoms with E-state index in [1.54, 1.807) is 0 Å². The SMILES string of the molecule is CCCCCCCCCCONCl. The molecule has 0 aliphatic heterocycles. The topological polar surface area (TPSA) is 21.3 Å². The zero-order valence-electron chi connectivity index (χ0n) is 8.65. The molecule has 2 nitrogen and oxygen atoms in total. The zero-order chi connectivity index (χ0) is 9.78. The molecule has 0 spiro atoms. The molecule has 3 heteroatoms. The van der Waals surface area contributed by atoms with Crippen LogP contribution in [0, 0.1) is 0 Å². The van der Waals surface area contributed by atoms with E-state index in [0.29, 0.717) is 0 Å². The van der Waals surface area contributed by atoms with E-state index in [0.717, 1.165) is 13.0 Å². The van der Waals surface area contributed by atoms with E-state index in [-0.39, 0.29) is 0 Å². The highest BCUT2D eigenvalue weighted by Crippen LogP contribution is 2.07. The van der Waals surface area contributed by atoms with Crippen LogP contribution in [-0.2, 0) is 4.84 Å². The van der Waals surface area contributed by atoms with Crippen molar-refractivity contribution in [2.45, 2.75) is 58.3 Å². The molecule has 0 saturated heterocycles. The molecule has 0 radical (unpaired) electrons. The summed E-state index contributed by atoms with van der Waals surface area (Å²) in [5, 5.41) is 0. The van der Waals surface area contributed by atoms with E-state index >= 15 is 0 Å². The second-order valence-electron chi connectivity index (χ2n) is 3.40. The van der Waals surface area contributed by atoms with Gasteiger partial charge >= 0.3 is 0 Å². The molecule has 0 aliphatic carbocycles. The van der Waals surface area contributed by atoms with E-state index in [1.165, 1.54) is 44.9 Å². The number of hydrogen-bond acceptors (Lipinski definition) is 2. The summed E-state index contributed by atoms with van der Waals surface area (Å²) >= 11 is 5.13. The standard InChI is InChI=1S/C10H22ClNO/c1-2-3-4-5-6-7-8-9-10-13-12-11/h12H,2-10H2,1H3.